The topological polar surface area (TPSA) is 12.4 Å². The summed E-state index contributed by atoms with van der Waals surface area (Å²) in [6, 6.07) is 7.30. The minimum Gasteiger partial charge on any atom is -0.286 e. The van der Waals surface area contributed by atoms with Gasteiger partial charge in [0.05, 0.1) is 6.04 Å². The molecule has 2 rings (SSSR count). The molecule has 0 radical (unpaired) electrons. The Morgan fingerprint density at radius 3 is 2.68 bits per heavy atom. The number of benzene rings is 1. The van der Waals surface area contributed by atoms with Crippen LogP contribution in [0.2, 0.25) is 0 Å². The Morgan fingerprint density at radius 1 is 1.32 bits per heavy atom. The lowest BCUT2D eigenvalue weighted by Gasteiger charge is -2.11. The van der Waals surface area contributed by atoms with Crippen molar-refractivity contribution in [2.45, 2.75) is 59.4 Å². The van der Waals surface area contributed by atoms with Crippen molar-refractivity contribution in [1.82, 2.24) is 0 Å². The van der Waals surface area contributed by atoms with Crippen LogP contribution in [0.1, 0.15) is 69.7 Å². The fraction of sp³-hybridized carbons (Fsp3) is 0.500. The average Bonchev–Trinajstić information content (AvgIpc) is 2.86. The van der Waals surface area contributed by atoms with Gasteiger partial charge in [0.2, 0.25) is 0 Å². The van der Waals surface area contributed by atoms with Gasteiger partial charge < -0.3 is 0 Å². The predicted octanol–water partition coefficient (Wildman–Crippen LogP) is 5.36. The minimum absolute atomic E-state index is 0.398. The van der Waals surface area contributed by atoms with E-state index in [0.717, 1.165) is 12.8 Å². The number of rotatable bonds is 4. The van der Waals surface area contributed by atoms with Gasteiger partial charge in [-0.15, -0.1) is 0 Å². The Bertz CT molecular complexity index is 502. The van der Waals surface area contributed by atoms with Crippen molar-refractivity contribution in [1.29, 1.82) is 0 Å². The van der Waals surface area contributed by atoms with Gasteiger partial charge in [-0.25, -0.2) is 0 Å². The van der Waals surface area contributed by atoms with Gasteiger partial charge in [0.25, 0.3) is 0 Å². The second-order valence-corrected chi connectivity index (χ2v) is 5.34. The number of hydrogen-bond acceptors (Lipinski definition) is 1. The zero-order chi connectivity index (χ0) is 13.8. The Labute approximate surface area is 117 Å². The first kappa shape index (κ1) is 14.0. The lowest BCUT2D eigenvalue weighted by Crippen LogP contribution is -1.99. The molecule has 0 saturated heterocycles. The third-order valence-electron chi connectivity index (χ3n) is 4.23. The van der Waals surface area contributed by atoms with Crippen LogP contribution in [0.3, 0.4) is 0 Å². The normalized spacial score (nSPS) is 18.3. The maximum Gasteiger partial charge on any atom is 0.0754 e. The molecule has 102 valence electrons. The van der Waals surface area contributed by atoms with E-state index >= 15 is 0 Å². The Morgan fingerprint density at radius 2 is 2.05 bits per heavy atom. The van der Waals surface area contributed by atoms with Gasteiger partial charge in [0.15, 0.2) is 0 Å². The van der Waals surface area contributed by atoms with Crippen LogP contribution in [0.25, 0.3) is 5.57 Å². The highest BCUT2D eigenvalue weighted by Gasteiger charge is 2.22. The standard InChI is InChI=1S/C18H25N/c1-5-13(4)15-9-8-14-10-11-18(17(14)12-15)19-16(6-2)7-3/h5,8-9,12,18H,6-7,10-11H2,1-4H3. The van der Waals surface area contributed by atoms with Crippen molar-refractivity contribution in [2.24, 2.45) is 4.99 Å². The zero-order valence-corrected chi connectivity index (χ0v) is 12.7. The molecule has 0 saturated carbocycles. The first-order valence-corrected chi connectivity index (χ1v) is 7.51. The number of nitrogens with zero attached hydrogens (tertiary/aromatic N) is 1. The second kappa shape index (κ2) is 6.18. The fourth-order valence-electron chi connectivity index (χ4n) is 2.78. The summed E-state index contributed by atoms with van der Waals surface area (Å²) in [6.07, 6.45) is 6.70. The van der Waals surface area contributed by atoms with Crippen molar-refractivity contribution in [3.05, 3.63) is 41.0 Å². The van der Waals surface area contributed by atoms with Crippen LogP contribution in [-0.4, -0.2) is 5.71 Å². The van der Waals surface area contributed by atoms with E-state index in [-0.39, 0.29) is 0 Å². The van der Waals surface area contributed by atoms with E-state index in [9.17, 15) is 0 Å². The maximum atomic E-state index is 4.98. The number of hydrogen-bond donors (Lipinski definition) is 0. The molecule has 0 bridgehead atoms. The SMILES string of the molecule is CC=C(C)c1ccc2c(c1)C(N=C(CC)CC)CC2. The van der Waals surface area contributed by atoms with E-state index in [1.807, 2.05) is 0 Å². The van der Waals surface area contributed by atoms with E-state index in [0.29, 0.717) is 6.04 Å². The number of aliphatic imine (C=N–C) groups is 1. The monoisotopic (exact) mass is 255 g/mol. The first-order valence-electron chi connectivity index (χ1n) is 7.51. The van der Waals surface area contributed by atoms with Crippen molar-refractivity contribution in [3.63, 3.8) is 0 Å². The fourth-order valence-corrected chi connectivity index (χ4v) is 2.78. The molecule has 0 amide bonds. The highest BCUT2D eigenvalue weighted by atomic mass is 14.8. The van der Waals surface area contributed by atoms with Crippen molar-refractivity contribution in [3.8, 4) is 0 Å². The van der Waals surface area contributed by atoms with E-state index in [1.165, 1.54) is 40.8 Å². The zero-order valence-electron chi connectivity index (χ0n) is 12.7. The molecule has 1 aliphatic rings. The Hall–Kier alpha value is -1.37. The average molecular weight is 255 g/mol. The van der Waals surface area contributed by atoms with Crippen molar-refractivity contribution >= 4 is 11.3 Å². The summed E-state index contributed by atoms with van der Waals surface area (Å²) in [7, 11) is 0. The molecule has 19 heavy (non-hydrogen) atoms. The van der Waals surface area contributed by atoms with E-state index in [4.69, 9.17) is 4.99 Å². The highest BCUT2D eigenvalue weighted by Crippen LogP contribution is 2.36. The number of fused-ring (bicyclic) bond motifs is 1. The summed E-state index contributed by atoms with van der Waals surface area (Å²) in [6.45, 7) is 8.69. The molecule has 1 nitrogen and oxygen atoms in total. The molecular formula is C18H25N. The van der Waals surface area contributed by atoms with E-state index < -0.39 is 0 Å². The van der Waals surface area contributed by atoms with Crippen molar-refractivity contribution < 1.29 is 0 Å². The van der Waals surface area contributed by atoms with Gasteiger partial charge in [-0.3, -0.25) is 4.99 Å². The molecule has 0 heterocycles. The van der Waals surface area contributed by atoms with Gasteiger partial charge >= 0.3 is 0 Å². The maximum absolute atomic E-state index is 4.98. The Kier molecular flexibility index (Phi) is 4.57. The molecule has 0 N–H and O–H groups in total. The third-order valence-corrected chi connectivity index (χ3v) is 4.23. The van der Waals surface area contributed by atoms with Crippen molar-refractivity contribution in [2.75, 3.05) is 0 Å². The quantitative estimate of drug-likeness (QED) is 0.642. The molecule has 0 aliphatic heterocycles. The predicted molar refractivity (Wildman–Crippen MR) is 84.8 cm³/mol. The smallest absolute Gasteiger partial charge is 0.0754 e. The van der Waals surface area contributed by atoms with Gasteiger partial charge in [-0.2, -0.15) is 0 Å². The van der Waals surface area contributed by atoms with Crippen LogP contribution in [0.5, 0.6) is 0 Å². The molecule has 1 atom stereocenters. The van der Waals surface area contributed by atoms with Crippen LogP contribution >= 0.6 is 0 Å². The van der Waals surface area contributed by atoms with Crippen LogP contribution in [0, 0.1) is 0 Å². The van der Waals surface area contributed by atoms with E-state index in [1.54, 1.807) is 0 Å². The first-order chi connectivity index (χ1) is 9.19. The number of allylic oxidation sites excluding steroid dienone is 2. The minimum atomic E-state index is 0.398. The summed E-state index contributed by atoms with van der Waals surface area (Å²) in [5.41, 5.74) is 7.00. The molecule has 0 aromatic heterocycles. The van der Waals surface area contributed by atoms with E-state index in [2.05, 4.69) is 52.0 Å². The largest absolute Gasteiger partial charge is 0.286 e. The van der Waals surface area contributed by atoms with Gasteiger partial charge in [0.1, 0.15) is 0 Å². The molecule has 1 aromatic rings. The van der Waals surface area contributed by atoms with Crippen LogP contribution in [-0.2, 0) is 6.42 Å². The molecule has 0 spiro atoms. The molecule has 1 unspecified atom stereocenters. The van der Waals surface area contributed by atoms with Gasteiger partial charge in [0, 0.05) is 5.71 Å². The molecule has 1 aromatic carbocycles. The molecular weight excluding hydrogens is 230 g/mol. The molecule has 1 aliphatic carbocycles. The second-order valence-electron chi connectivity index (χ2n) is 5.34. The summed E-state index contributed by atoms with van der Waals surface area (Å²) in [4.78, 5) is 4.98. The summed E-state index contributed by atoms with van der Waals surface area (Å²) < 4.78 is 0. The summed E-state index contributed by atoms with van der Waals surface area (Å²) in [5.74, 6) is 0. The Balaban J connectivity index is 2.35. The van der Waals surface area contributed by atoms with Gasteiger partial charge in [-0.1, -0.05) is 32.1 Å². The number of aryl methyl sites for hydroxylation is 1. The van der Waals surface area contributed by atoms with Crippen LogP contribution < -0.4 is 0 Å². The molecule has 1 heteroatoms. The molecule has 0 fully saturated rings. The van der Waals surface area contributed by atoms with Crippen LogP contribution in [0.15, 0.2) is 29.3 Å². The lowest BCUT2D eigenvalue weighted by atomic mass is 10.00. The third kappa shape index (κ3) is 2.97. The van der Waals surface area contributed by atoms with Gasteiger partial charge in [-0.05, 0) is 67.9 Å². The van der Waals surface area contributed by atoms with Crippen LogP contribution in [0.4, 0.5) is 0 Å². The lowest BCUT2D eigenvalue weighted by molar-refractivity contribution is 0.710. The summed E-state index contributed by atoms with van der Waals surface area (Å²) >= 11 is 0. The highest BCUT2D eigenvalue weighted by molar-refractivity contribution is 5.84. The summed E-state index contributed by atoms with van der Waals surface area (Å²) in [5, 5.41) is 0.